The molecule has 0 bridgehead atoms. The Hall–Kier alpha value is -3.31. The lowest BCUT2D eigenvalue weighted by molar-refractivity contribution is -0.105. The number of nitrogens with zero attached hydrogens (tertiary/aromatic N) is 4. The average molecular weight is 504 g/mol. The van der Waals surface area contributed by atoms with E-state index < -0.39 is 12.3 Å². The van der Waals surface area contributed by atoms with Gasteiger partial charge in [-0.15, -0.1) is 10.2 Å². The molecule has 0 aliphatic carbocycles. The number of hydrogen-bond acceptors (Lipinski definition) is 8. The molecular weight excluding hydrogens is 482 g/mol. The fourth-order valence-electron chi connectivity index (χ4n) is 2.99. The predicted molar refractivity (Wildman–Crippen MR) is 119 cm³/mol. The highest BCUT2D eigenvalue weighted by Crippen LogP contribution is 2.26. The van der Waals surface area contributed by atoms with Crippen LogP contribution in [-0.4, -0.2) is 52.6 Å². The standard InChI is InChI=1S/C21H22BrN5O5/c1-30-19(32-17-9-8-14(22)11-15(17)21(29)31-2)7-4-10-27-12-24-26-20(27)16-5-3-6-18(25-16)23-13-28/h3,5-6,8-9,11-13,19H,4,7,10H2,1-2H3,(H,23,25,28). The topological polar surface area (TPSA) is 117 Å². The van der Waals surface area contributed by atoms with Crippen LogP contribution in [0.3, 0.4) is 0 Å². The molecule has 0 aliphatic rings. The Morgan fingerprint density at radius 2 is 2.12 bits per heavy atom. The third-order valence-corrected chi connectivity index (χ3v) is 5.00. The van der Waals surface area contributed by atoms with Crippen LogP contribution < -0.4 is 10.1 Å². The van der Waals surface area contributed by atoms with E-state index in [1.54, 1.807) is 49.8 Å². The number of hydrogen-bond donors (Lipinski definition) is 1. The third kappa shape index (κ3) is 5.89. The Morgan fingerprint density at radius 3 is 2.88 bits per heavy atom. The highest BCUT2D eigenvalue weighted by atomic mass is 79.9. The van der Waals surface area contributed by atoms with Crippen LogP contribution in [0.15, 0.2) is 47.2 Å². The predicted octanol–water partition coefficient (Wildman–Crippen LogP) is 3.29. The Labute approximate surface area is 193 Å². The maximum absolute atomic E-state index is 12.1. The zero-order chi connectivity index (χ0) is 22.9. The van der Waals surface area contributed by atoms with Gasteiger partial charge in [-0.05, 0) is 36.8 Å². The molecule has 0 aliphatic heterocycles. The number of methoxy groups -OCH3 is 2. The highest BCUT2D eigenvalue weighted by Gasteiger charge is 2.18. The summed E-state index contributed by atoms with van der Waals surface area (Å²) < 4.78 is 18.8. The van der Waals surface area contributed by atoms with Gasteiger partial charge in [-0.1, -0.05) is 22.0 Å². The third-order valence-electron chi connectivity index (χ3n) is 4.51. The van der Waals surface area contributed by atoms with Crippen LogP contribution in [0.5, 0.6) is 5.75 Å². The summed E-state index contributed by atoms with van der Waals surface area (Å²) in [5.74, 6) is 0.885. The summed E-state index contributed by atoms with van der Waals surface area (Å²) in [5, 5.41) is 10.6. The van der Waals surface area contributed by atoms with Gasteiger partial charge in [0.05, 0.1) is 7.11 Å². The van der Waals surface area contributed by atoms with E-state index in [4.69, 9.17) is 14.2 Å². The van der Waals surface area contributed by atoms with Crippen molar-refractivity contribution in [3.8, 4) is 17.3 Å². The number of ether oxygens (including phenoxy) is 3. The smallest absolute Gasteiger partial charge is 0.341 e. The summed E-state index contributed by atoms with van der Waals surface area (Å²) in [5.41, 5.74) is 0.895. The van der Waals surface area contributed by atoms with Crippen LogP contribution in [0.4, 0.5) is 5.82 Å². The lowest BCUT2D eigenvalue weighted by atomic mass is 10.2. The highest BCUT2D eigenvalue weighted by molar-refractivity contribution is 9.10. The number of aromatic nitrogens is 4. The summed E-state index contributed by atoms with van der Waals surface area (Å²) in [6.07, 6.45) is 2.84. The largest absolute Gasteiger partial charge is 0.465 e. The van der Waals surface area contributed by atoms with Crippen molar-refractivity contribution in [2.45, 2.75) is 25.7 Å². The van der Waals surface area contributed by atoms with Gasteiger partial charge < -0.3 is 24.1 Å². The van der Waals surface area contributed by atoms with Gasteiger partial charge >= 0.3 is 5.97 Å². The van der Waals surface area contributed by atoms with Gasteiger partial charge in [0, 0.05) is 24.5 Å². The molecule has 10 nitrogen and oxygen atoms in total. The van der Waals surface area contributed by atoms with Gasteiger partial charge in [-0.3, -0.25) is 4.79 Å². The molecule has 2 aromatic heterocycles. The van der Waals surface area contributed by atoms with E-state index in [-0.39, 0.29) is 0 Å². The molecule has 1 aromatic carbocycles. The van der Waals surface area contributed by atoms with E-state index >= 15 is 0 Å². The molecule has 0 saturated heterocycles. The van der Waals surface area contributed by atoms with Crippen molar-refractivity contribution >= 4 is 34.1 Å². The van der Waals surface area contributed by atoms with E-state index in [0.717, 1.165) is 4.47 Å². The second kappa shape index (κ2) is 11.3. The molecule has 32 heavy (non-hydrogen) atoms. The lowest BCUT2D eigenvalue weighted by Gasteiger charge is -2.19. The number of carbonyl (C=O) groups excluding carboxylic acids is 2. The molecule has 168 valence electrons. The van der Waals surface area contributed by atoms with E-state index in [1.807, 2.05) is 4.57 Å². The number of esters is 1. The van der Waals surface area contributed by atoms with E-state index in [9.17, 15) is 9.59 Å². The number of rotatable bonds is 11. The number of amides is 1. The molecule has 1 N–H and O–H groups in total. The maximum Gasteiger partial charge on any atom is 0.341 e. The van der Waals surface area contributed by atoms with Crippen molar-refractivity contribution < 1.29 is 23.8 Å². The summed E-state index contributed by atoms with van der Waals surface area (Å²) in [6, 6.07) is 10.4. The van der Waals surface area contributed by atoms with Crippen LogP contribution >= 0.6 is 15.9 Å². The van der Waals surface area contributed by atoms with Gasteiger partial charge in [0.1, 0.15) is 29.2 Å². The van der Waals surface area contributed by atoms with Gasteiger partial charge in [0.15, 0.2) is 12.1 Å². The van der Waals surface area contributed by atoms with Gasteiger partial charge in [0.2, 0.25) is 6.41 Å². The number of anilines is 1. The molecule has 1 atom stereocenters. The SMILES string of the molecule is COC(=O)c1cc(Br)ccc1OC(CCCn1cnnc1-c1cccc(NC=O)n1)OC. The first-order chi connectivity index (χ1) is 15.5. The van der Waals surface area contributed by atoms with E-state index in [1.165, 1.54) is 7.11 Å². The molecular formula is C21H22BrN5O5. The number of pyridine rings is 1. The number of halogens is 1. The van der Waals surface area contributed by atoms with Crippen molar-refractivity contribution in [1.29, 1.82) is 0 Å². The second-order valence-corrected chi connectivity index (χ2v) is 7.49. The lowest BCUT2D eigenvalue weighted by Crippen LogP contribution is -2.21. The van der Waals surface area contributed by atoms with Crippen molar-refractivity contribution in [3.05, 3.63) is 52.8 Å². The molecule has 3 rings (SSSR count). The van der Waals surface area contributed by atoms with Crippen LogP contribution in [-0.2, 0) is 20.8 Å². The molecule has 11 heteroatoms. The molecule has 3 aromatic rings. The van der Waals surface area contributed by atoms with Crippen LogP contribution in [0.2, 0.25) is 0 Å². The Bertz CT molecular complexity index is 1070. The van der Waals surface area contributed by atoms with Crippen molar-refractivity contribution in [2.24, 2.45) is 0 Å². The van der Waals surface area contributed by atoms with Crippen molar-refractivity contribution in [1.82, 2.24) is 19.7 Å². The first kappa shape index (κ1) is 23.4. The summed E-state index contributed by atoms with van der Waals surface area (Å²) in [4.78, 5) is 27.1. The summed E-state index contributed by atoms with van der Waals surface area (Å²) >= 11 is 3.34. The molecule has 1 amide bonds. The molecule has 0 saturated carbocycles. The first-order valence-corrected chi connectivity index (χ1v) is 10.5. The quantitative estimate of drug-likeness (QED) is 0.240. The number of aryl methyl sites for hydroxylation is 1. The summed E-state index contributed by atoms with van der Waals surface area (Å²) in [7, 11) is 2.86. The van der Waals surface area contributed by atoms with Gasteiger partial charge in [-0.25, -0.2) is 9.78 Å². The van der Waals surface area contributed by atoms with Crippen molar-refractivity contribution in [2.75, 3.05) is 19.5 Å². The van der Waals surface area contributed by atoms with Crippen molar-refractivity contribution in [3.63, 3.8) is 0 Å². The average Bonchev–Trinajstić information content (AvgIpc) is 3.27. The minimum absolute atomic E-state index is 0.305. The summed E-state index contributed by atoms with van der Waals surface area (Å²) in [6.45, 7) is 0.586. The maximum atomic E-state index is 12.1. The molecule has 2 heterocycles. The fourth-order valence-corrected chi connectivity index (χ4v) is 3.35. The molecule has 0 spiro atoms. The number of benzene rings is 1. The minimum atomic E-state index is -0.572. The van der Waals surface area contributed by atoms with E-state index in [2.05, 4.69) is 36.4 Å². The molecule has 0 fully saturated rings. The fraction of sp³-hybridized carbons (Fsp3) is 0.286. The minimum Gasteiger partial charge on any atom is -0.465 e. The molecule has 0 radical (unpaired) electrons. The Morgan fingerprint density at radius 1 is 1.28 bits per heavy atom. The van der Waals surface area contributed by atoms with Gasteiger partial charge in [0.25, 0.3) is 0 Å². The van der Waals surface area contributed by atoms with Crippen LogP contribution in [0.25, 0.3) is 11.5 Å². The van der Waals surface area contributed by atoms with Crippen LogP contribution in [0.1, 0.15) is 23.2 Å². The van der Waals surface area contributed by atoms with Gasteiger partial charge in [-0.2, -0.15) is 0 Å². The first-order valence-electron chi connectivity index (χ1n) is 9.68. The molecule has 1 unspecified atom stereocenters. The zero-order valence-corrected chi connectivity index (χ0v) is 19.1. The number of nitrogens with one attached hydrogen (secondary N) is 1. The Balaban J connectivity index is 1.65. The number of carbonyl (C=O) groups is 2. The van der Waals surface area contributed by atoms with E-state index in [0.29, 0.717) is 54.4 Å². The normalized spacial score (nSPS) is 11.6. The zero-order valence-electron chi connectivity index (χ0n) is 17.5. The van der Waals surface area contributed by atoms with Crippen LogP contribution in [0, 0.1) is 0 Å². The monoisotopic (exact) mass is 503 g/mol. The Kier molecular flexibility index (Phi) is 8.28. The second-order valence-electron chi connectivity index (χ2n) is 6.58.